The summed E-state index contributed by atoms with van der Waals surface area (Å²) in [6.45, 7) is 1.80. The molecule has 0 bridgehead atoms. The van der Waals surface area contributed by atoms with Gasteiger partial charge in [0.15, 0.2) is 0 Å². The van der Waals surface area contributed by atoms with E-state index in [-0.39, 0.29) is 11.9 Å². The first-order valence-corrected chi connectivity index (χ1v) is 7.58. The van der Waals surface area contributed by atoms with Gasteiger partial charge >= 0.3 is 0 Å². The molecule has 22 heavy (non-hydrogen) atoms. The van der Waals surface area contributed by atoms with E-state index in [9.17, 15) is 4.79 Å². The molecule has 0 saturated carbocycles. The minimum absolute atomic E-state index is 0.0212. The number of pyridine rings is 1. The van der Waals surface area contributed by atoms with Crippen molar-refractivity contribution in [3.8, 4) is 0 Å². The molecular weight excluding hydrogens is 278 g/mol. The number of nitrogens with zero attached hydrogens (tertiary/aromatic N) is 5. The van der Waals surface area contributed by atoms with E-state index in [0.29, 0.717) is 5.69 Å². The highest BCUT2D eigenvalue weighted by Gasteiger charge is 2.28. The number of carbonyl (C=O) groups is 1. The van der Waals surface area contributed by atoms with E-state index < -0.39 is 0 Å². The molecular formula is C16H21N5O. The fraction of sp³-hybridized carbons (Fsp3) is 0.438. The van der Waals surface area contributed by atoms with Crippen molar-refractivity contribution in [3.05, 3.63) is 42.4 Å². The summed E-state index contributed by atoms with van der Waals surface area (Å²) in [5.41, 5.74) is 0.623. The summed E-state index contributed by atoms with van der Waals surface area (Å²) in [5.74, 6) is 1.00. The van der Waals surface area contributed by atoms with E-state index in [1.807, 2.05) is 36.3 Å². The standard InChI is InChI=1S/C16H21N5O/c1-19(16(22)14-8-10-18-20(14)2)13-6-5-11-21(12-13)15-7-3-4-9-17-15/h3-4,7-10,13H,5-6,11-12H2,1-2H3/t13-/m1/s1. The molecule has 0 spiro atoms. The van der Waals surface area contributed by atoms with Gasteiger partial charge in [0, 0.05) is 45.6 Å². The van der Waals surface area contributed by atoms with Gasteiger partial charge in [-0.2, -0.15) is 5.10 Å². The van der Waals surface area contributed by atoms with Crippen LogP contribution in [0, 0.1) is 0 Å². The van der Waals surface area contributed by atoms with Crippen LogP contribution in [-0.2, 0) is 7.05 Å². The number of piperidine rings is 1. The van der Waals surface area contributed by atoms with E-state index in [1.54, 1.807) is 24.0 Å². The van der Waals surface area contributed by atoms with Crippen LogP contribution in [0.5, 0.6) is 0 Å². The first kappa shape index (κ1) is 14.6. The Morgan fingerprint density at radius 3 is 2.86 bits per heavy atom. The molecule has 6 heteroatoms. The highest BCUT2D eigenvalue weighted by Crippen LogP contribution is 2.21. The third-order valence-corrected chi connectivity index (χ3v) is 4.28. The summed E-state index contributed by atoms with van der Waals surface area (Å²) in [6, 6.07) is 7.89. The van der Waals surface area contributed by atoms with Crippen molar-refractivity contribution < 1.29 is 4.79 Å². The molecule has 1 amide bonds. The number of likely N-dealkylation sites (N-methyl/N-ethyl adjacent to an activating group) is 1. The first-order valence-electron chi connectivity index (χ1n) is 7.58. The van der Waals surface area contributed by atoms with Gasteiger partial charge in [-0.05, 0) is 31.0 Å². The van der Waals surface area contributed by atoms with Crippen molar-refractivity contribution in [3.63, 3.8) is 0 Å². The van der Waals surface area contributed by atoms with Crippen LogP contribution in [0.3, 0.4) is 0 Å². The van der Waals surface area contributed by atoms with E-state index in [0.717, 1.165) is 31.7 Å². The Morgan fingerprint density at radius 2 is 2.18 bits per heavy atom. The van der Waals surface area contributed by atoms with E-state index >= 15 is 0 Å². The predicted molar refractivity (Wildman–Crippen MR) is 84.8 cm³/mol. The number of carbonyl (C=O) groups excluding carboxylic acids is 1. The Morgan fingerprint density at radius 1 is 1.32 bits per heavy atom. The first-order chi connectivity index (χ1) is 10.7. The van der Waals surface area contributed by atoms with Gasteiger partial charge in [-0.15, -0.1) is 0 Å². The molecule has 0 aliphatic carbocycles. The van der Waals surface area contributed by atoms with Crippen molar-refractivity contribution in [2.24, 2.45) is 7.05 Å². The summed E-state index contributed by atoms with van der Waals surface area (Å²) in [7, 11) is 3.67. The number of hydrogen-bond donors (Lipinski definition) is 0. The van der Waals surface area contributed by atoms with Crippen LogP contribution in [0.25, 0.3) is 0 Å². The quantitative estimate of drug-likeness (QED) is 0.863. The number of rotatable bonds is 3. The monoisotopic (exact) mass is 299 g/mol. The van der Waals surface area contributed by atoms with E-state index in [1.165, 1.54) is 0 Å². The summed E-state index contributed by atoms with van der Waals surface area (Å²) in [5, 5.41) is 4.08. The topological polar surface area (TPSA) is 54.3 Å². The Kier molecular flexibility index (Phi) is 4.09. The van der Waals surface area contributed by atoms with Gasteiger partial charge in [0.2, 0.25) is 0 Å². The Balaban J connectivity index is 1.72. The minimum atomic E-state index is 0.0212. The molecule has 0 radical (unpaired) electrons. The second-order valence-electron chi connectivity index (χ2n) is 5.69. The molecule has 3 rings (SSSR count). The highest BCUT2D eigenvalue weighted by atomic mass is 16.2. The van der Waals surface area contributed by atoms with Crippen molar-refractivity contribution in [1.29, 1.82) is 0 Å². The van der Waals surface area contributed by atoms with Crippen LogP contribution < -0.4 is 4.90 Å². The maximum absolute atomic E-state index is 12.6. The average Bonchev–Trinajstić information content (AvgIpc) is 3.00. The normalized spacial score (nSPS) is 18.3. The average molecular weight is 299 g/mol. The molecule has 116 valence electrons. The second kappa shape index (κ2) is 6.17. The number of aryl methyl sites for hydroxylation is 1. The molecule has 0 N–H and O–H groups in total. The lowest BCUT2D eigenvalue weighted by Crippen LogP contribution is -2.49. The predicted octanol–water partition coefficient (Wildman–Crippen LogP) is 1.56. The molecule has 3 heterocycles. The van der Waals surface area contributed by atoms with Gasteiger partial charge in [0.05, 0.1) is 0 Å². The minimum Gasteiger partial charge on any atom is -0.355 e. The summed E-state index contributed by atoms with van der Waals surface area (Å²) < 4.78 is 1.62. The molecule has 2 aromatic rings. The van der Waals surface area contributed by atoms with Gasteiger partial charge in [0.1, 0.15) is 11.5 Å². The highest BCUT2D eigenvalue weighted by molar-refractivity contribution is 5.92. The molecule has 0 aromatic carbocycles. The van der Waals surface area contributed by atoms with Crippen LogP contribution in [-0.4, -0.2) is 51.8 Å². The van der Waals surface area contributed by atoms with Crippen molar-refractivity contribution >= 4 is 11.7 Å². The number of anilines is 1. The lowest BCUT2D eigenvalue weighted by Gasteiger charge is -2.38. The lowest BCUT2D eigenvalue weighted by atomic mass is 10.0. The molecule has 1 atom stereocenters. The fourth-order valence-corrected chi connectivity index (χ4v) is 2.95. The van der Waals surface area contributed by atoms with Crippen molar-refractivity contribution in [2.75, 3.05) is 25.0 Å². The summed E-state index contributed by atoms with van der Waals surface area (Å²) in [4.78, 5) is 21.1. The van der Waals surface area contributed by atoms with Gasteiger partial charge in [-0.3, -0.25) is 9.48 Å². The number of hydrogen-bond acceptors (Lipinski definition) is 4. The molecule has 2 aromatic heterocycles. The Labute approximate surface area is 130 Å². The lowest BCUT2D eigenvalue weighted by molar-refractivity contribution is 0.0706. The van der Waals surface area contributed by atoms with Crippen molar-refractivity contribution in [2.45, 2.75) is 18.9 Å². The van der Waals surface area contributed by atoms with Gasteiger partial charge in [0.25, 0.3) is 5.91 Å². The molecule has 1 fully saturated rings. The summed E-state index contributed by atoms with van der Waals surface area (Å²) in [6.07, 6.45) is 5.54. The zero-order valence-electron chi connectivity index (χ0n) is 13.0. The van der Waals surface area contributed by atoms with Crippen molar-refractivity contribution in [1.82, 2.24) is 19.7 Å². The SMILES string of the molecule is CN(C(=O)c1ccnn1C)[C@@H]1CCCN(c2ccccn2)C1. The van der Waals surface area contributed by atoms with Gasteiger partial charge < -0.3 is 9.80 Å². The zero-order chi connectivity index (χ0) is 15.5. The smallest absolute Gasteiger partial charge is 0.272 e. The van der Waals surface area contributed by atoms with Gasteiger partial charge in [-0.25, -0.2) is 4.98 Å². The Hall–Kier alpha value is -2.37. The maximum Gasteiger partial charge on any atom is 0.272 e. The van der Waals surface area contributed by atoms with Crippen LogP contribution in [0.1, 0.15) is 23.3 Å². The number of aromatic nitrogens is 3. The maximum atomic E-state index is 12.6. The third kappa shape index (κ3) is 2.81. The van der Waals surface area contributed by atoms with E-state index in [4.69, 9.17) is 0 Å². The van der Waals surface area contributed by atoms with Crippen LogP contribution in [0.4, 0.5) is 5.82 Å². The molecule has 6 nitrogen and oxygen atoms in total. The largest absolute Gasteiger partial charge is 0.355 e. The molecule has 1 saturated heterocycles. The zero-order valence-corrected chi connectivity index (χ0v) is 13.0. The second-order valence-corrected chi connectivity index (χ2v) is 5.69. The fourth-order valence-electron chi connectivity index (χ4n) is 2.95. The van der Waals surface area contributed by atoms with Crippen LogP contribution >= 0.6 is 0 Å². The van der Waals surface area contributed by atoms with E-state index in [2.05, 4.69) is 15.0 Å². The molecule has 1 aliphatic heterocycles. The third-order valence-electron chi connectivity index (χ3n) is 4.28. The summed E-state index contributed by atoms with van der Waals surface area (Å²) >= 11 is 0. The number of amides is 1. The van der Waals surface area contributed by atoms with Crippen LogP contribution in [0.15, 0.2) is 36.7 Å². The Bertz CT molecular complexity index is 639. The molecule has 0 unspecified atom stereocenters. The molecule has 1 aliphatic rings. The van der Waals surface area contributed by atoms with Crippen LogP contribution in [0.2, 0.25) is 0 Å². The van der Waals surface area contributed by atoms with Gasteiger partial charge in [-0.1, -0.05) is 6.07 Å².